The standard InChI is InChI=1S/C19H25NO5/c1-14-7-4-5-12-20(14)17(21)13-25-18(22)11-10-15-8-6-9-16(23-2)19(15)24-3/h6,8-11,14H,4-5,7,12-13H2,1-3H3/b11-10+. The number of likely N-dealkylation sites (tertiary alicyclic amines) is 1. The molecule has 0 aliphatic carbocycles. The molecule has 1 aliphatic rings. The third-order valence-electron chi connectivity index (χ3n) is 4.29. The second kappa shape index (κ2) is 9.11. The monoisotopic (exact) mass is 347 g/mol. The zero-order chi connectivity index (χ0) is 18.2. The third-order valence-corrected chi connectivity index (χ3v) is 4.29. The average Bonchev–Trinajstić information content (AvgIpc) is 2.64. The Morgan fingerprint density at radius 2 is 2.04 bits per heavy atom. The number of methoxy groups -OCH3 is 2. The minimum atomic E-state index is -0.567. The summed E-state index contributed by atoms with van der Waals surface area (Å²) in [6, 6.07) is 5.57. The van der Waals surface area contributed by atoms with Gasteiger partial charge in [0, 0.05) is 24.2 Å². The Labute approximate surface area is 148 Å². The van der Waals surface area contributed by atoms with E-state index < -0.39 is 5.97 Å². The fraction of sp³-hybridized carbons (Fsp3) is 0.474. The van der Waals surface area contributed by atoms with Gasteiger partial charge in [0.15, 0.2) is 18.1 Å². The van der Waals surface area contributed by atoms with Gasteiger partial charge in [-0.15, -0.1) is 0 Å². The van der Waals surface area contributed by atoms with Gasteiger partial charge >= 0.3 is 5.97 Å². The third kappa shape index (κ3) is 4.98. The van der Waals surface area contributed by atoms with Crippen LogP contribution in [0.5, 0.6) is 11.5 Å². The van der Waals surface area contributed by atoms with E-state index in [1.165, 1.54) is 13.2 Å². The van der Waals surface area contributed by atoms with Crippen LogP contribution in [0.15, 0.2) is 24.3 Å². The fourth-order valence-electron chi connectivity index (χ4n) is 2.93. The Morgan fingerprint density at radius 3 is 2.72 bits per heavy atom. The molecule has 0 spiro atoms. The van der Waals surface area contributed by atoms with E-state index in [2.05, 4.69) is 0 Å². The van der Waals surface area contributed by atoms with Gasteiger partial charge in [-0.3, -0.25) is 4.79 Å². The molecule has 0 N–H and O–H groups in total. The Kier molecular flexibility index (Phi) is 6.86. The molecule has 1 saturated heterocycles. The maximum Gasteiger partial charge on any atom is 0.331 e. The zero-order valence-corrected chi connectivity index (χ0v) is 15.0. The summed E-state index contributed by atoms with van der Waals surface area (Å²) < 4.78 is 15.6. The summed E-state index contributed by atoms with van der Waals surface area (Å²) in [5.74, 6) is 0.398. The maximum absolute atomic E-state index is 12.2. The lowest BCUT2D eigenvalue weighted by molar-refractivity contribution is -0.149. The van der Waals surface area contributed by atoms with E-state index >= 15 is 0 Å². The van der Waals surface area contributed by atoms with Crippen molar-refractivity contribution in [1.29, 1.82) is 0 Å². The van der Waals surface area contributed by atoms with Crippen LogP contribution in [0, 0.1) is 0 Å². The van der Waals surface area contributed by atoms with Crippen LogP contribution >= 0.6 is 0 Å². The SMILES string of the molecule is COc1cccc(/C=C/C(=O)OCC(=O)N2CCCCC2C)c1OC. The first-order valence-electron chi connectivity index (χ1n) is 8.42. The molecule has 0 aromatic heterocycles. The van der Waals surface area contributed by atoms with Gasteiger partial charge in [-0.1, -0.05) is 12.1 Å². The van der Waals surface area contributed by atoms with Gasteiger partial charge in [-0.05, 0) is 38.3 Å². The maximum atomic E-state index is 12.2. The Bertz CT molecular complexity index is 641. The number of hydrogen-bond donors (Lipinski definition) is 0. The second-order valence-corrected chi connectivity index (χ2v) is 5.96. The van der Waals surface area contributed by atoms with Gasteiger partial charge in [0.25, 0.3) is 5.91 Å². The highest BCUT2D eigenvalue weighted by Gasteiger charge is 2.23. The lowest BCUT2D eigenvalue weighted by Crippen LogP contribution is -2.44. The van der Waals surface area contributed by atoms with Crippen LogP contribution in [0.2, 0.25) is 0 Å². The van der Waals surface area contributed by atoms with Gasteiger partial charge < -0.3 is 19.1 Å². The van der Waals surface area contributed by atoms with Gasteiger partial charge in [-0.2, -0.15) is 0 Å². The molecule has 1 heterocycles. The molecule has 0 saturated carbocycles. The van der Waals surface area contributed by atoms with Crippen molar-refractivity contribution in [2.24, 2.45) is 0 Å². The lowest BCUT2D eigenvalue weighted by Gasteiger charge is -2.33. The summed E-state index contributed by atoms with van der Waals surface area (Å²) in [6.07, 6.45) is 5.99. The predicted molar refractivity (Wildman–Crippen MR) is 94.6 cm³/mol. The van der Waals surface area contributed by atoms with Gasteiger partial charge in [-0.25, -0.2) is 4.79 Å². The van der Waals surface area contributed by atoms with Crippen molar-refractivity contribution in [1.82, 2.24) is 4.90 Å². The summed E-state index contributed by atoms with van der Waals surface area (Å²) in [5, 5.41) is 0. The van der Waals surface area contributed by atoms with Crippen LogP contribution in [0.4, 0.5) is 0 Å². The van der Waals surface area contributed by atoms with Crippen LogP contribution in [-0.4, -0.2) is 50.2 Å². The first kappa shape index (κ1) is 18.8. The van der Waals surface area contributed by atoms with E-state index in [9.17, 15) is 9.59 Å². The van der Waals surface area contributed by atoms with E-state index in [0.717, 1.165) is 25.8 Å². The molecule has 6 nitrogen and oxygen atoms in total. The lowest BCUT2D eigenvalue weighted by atomic mass is 10.0. The topological polar surface area (TPSA) is 65.1 Å². The number of ether oxygens (including phenoxy) is 3. The Morgan fingerprint density at radius 1 is 1.24 bits per heavy atom. The van der Waals surface area contributed by atoms with Gasteiger partial charge in [0.2, 0.25) is 0 Å². The molecule has 1 unspecified atom stereocenters. The molecule has 25 heavy (non-hydrogen) atoms. The van der Waals surface area contributed by atoms with Crippen LogP contribution in [0.25, 0.3) is 6.08 Å². The summed E-state index contributed by atoms with van der Waals surface area (Å²) in [7, 11) is 3.08. The van der Waals surface area contributed by atoms with Crippen LogP contribution < -0.4 is 9.47 Å². The predicted octanol–water partition coefficient (Wildman–Crippen LogP) is 2.66. The molecule has 0 bridgehead atoms. The van der Waals surface area contributed by atoms with Gasteiger partial charge in [0.05, 0.1) is 14.2 Å². The molecule has 0 radical (unpaired) electrons. The first-order valence-corrected chi connectivity index (χ1v) is 8.42. The normalized spacial score (nSPS) is 17.4. The van der Waals surface area contributed by atoms with Crippen LogP contribution in [-0.2, 0) is 14.3 Å². The van der Waals surface area contributed by atoms with E-state index in [1.807, 2.05) is 6.92 Å². The molecule has 6 heteroatoms. The van der Waals surface area contributed by atoms with Crippen LogP contribution in [0.1, 0.15) is 31.7 Å². The van der Waals surface area contributed by atoms with E-state index in [4.69, 9.17) is 14.2 Å². The fourth-order valence-corrected chi connectivity index (χ4v) is 2.93. The van der Waals surface area contributed by atoms with Crippen molar-refractivity contribution in [2.45, 2.75) is 32.2 Å². The number of benzene rings is 1. The van der Waals surface area contributed by atoms with Gasteiger partial charge in [0.1, 0.15) is 0 Å². The summed E-state index contributed by atoms with van der Waals surface area (Å²) in [5.41, 5.74) is 0.690. The number of amides is 1. The number of piperidine rings is 1. The number of nitrogens with zero attached hydrogens (tertiary/aromatic N) is 1. The molecular weight excluding hydrogens is 322 g/mol. The number of hydrogen-bond acceptors (Lipinski definition) is 5. The molecule has 2 rings (SSSR count). The smallest absolute Gasteiger partial charge is 0.331 e. The Hall–Kier alpha value is -2.50. The van der Waals surface area contributed by atoms with E-state index in [-0.39, 0.29) is 18.6 Å². The second-order valence-electron chi connectivity index (χ2n) is 5.96. The zero-order valence-electron chi connectivity index (χ0n) is 15.0. The molecule has 1 amide bonds. The minimum Gasteiger partial charge on any atom is -0.493 e. The number of para-hydroxylation sites is 1. The van der Waals surface area contributed by atoms with Crippen molar-refractivity contribution in [3.05, 3.63) is 29.8 Å². The highest BCUT2D eigenvalue weighted by molar-refractivity contribution is 5.90. The number of rotatable bonds is 6. The van der Waals surface area contributed by atoms with Crippen molar-refractivity contribution in [3.8, 4) is 11.5 Å². The molecule has 1 atom stereocenters. The molecular formula is C19H25NO5. The summed E-state index contributed by atoms with van der Waals surface area (Å²) >= 11 is 0. The number of carbonyl (C=O) groups excluding carboxylic acids is 2. The summed E-state index contributed by atoms with van der Waals surface area (Å²) in [6.45, 7) is 2.52. The molecule has 1 aromatic carbocycles. The van der Waals surface area contributed by atoms with Crippen molar-refractivity contribution < 1.29 is 23.8 Å². The largest absolute Gasteiger partial charge is 0.493 e. The number of carbonyl (C=O) groups is 2. The van der Waals surface area contributed by atoms with Crippen molar-refractivity contribution in [2.75, 3.05) is 27.4 Å². The highest BCUT2D eigenvalue weighted by atomic mass is 16.5. The van der Waals surface area contributed by atoms with E-state index in [1.54, 1.807) is 36.3 Å². The van der Waals surface area contributed by atoms with Crippen molar-refractivity contribution >= 4 is 18.0 Å². The van der Waals surface area contributed by atoms with Crippen molar-refractivity contribution in [3.63, 3.8) is 0 Å². The Balaban J connectivity index is 1.92. The average molecular weight is 347 g/mol. The quantitative estimate of drug-likeness (QED) is 0.585. The first-order chi connectivity index (χ1) is 12.1. The highest BCUT2D eigenvalue weighted by Crippen LogP contribution is 2.31. The molecule has 136 valence electrons. The molecule has 1 aliphatic heterocycles. The molecule has 1 fully saturated rings. The van der Waals surface area contributed by atoms with Crippen LogP contribution in [0.3, 0.4) is 0 Å². The van der Waals surface area contributed by atoms with E-state index in [0.29, 0.717) is 17.1 Å². The molecule has 1 aromatic rings. The number of esters is 1. The summed E-state index contributed by atoms with van der Waals surface area (Å²) in [4.78, 5) is 25.8. The minimum absolute atomic E-state index is 0.145.